The largest absolute Gasteiger partial charge is 0.394 e. The van der Waals surface area contributed by atoms with Crippen LogP contribution in [0, 0.1) is 12.8 Å². The van der Waals surface area contributed by atoms with Crippen LogP contribution in [0.3, 0.4) is 0 Å². The van der Waals surface area contributed by atoms with Crippen molar-refractivity contribution in [3.63, 3.8) is 0 Å². The Bertz CT molecular complexity index is 1560. The highest BCUT2D eigenvalue weighted by molar-refractivity contribution is 6.14. The van der Waals surface area contributed by atoms with Crippen molar-refractivity contribution < 1.29 is 9.84 Å². The van der Waals surface area contributed by atoms with Crippen molar-refractivity contribution in [2.24, 2.45) is 13.0 Å². The molecular formula is C28H29BN6O2. The summed E-state index contributed by atoms with van der Waals surface area (Å²) in [5, 5.41) is 20.0. The van der Waals surface area contributed by atoms with E-state index < -0.39 is 5.50 Å². The van der Waals surface area contributed by atoms with E-state index in [1.807, 2.05) is 32.3 Å². The third-order valence-electron chi connectivity index (χ3n) is 7.40. The van der Waals surface area contributed by atoms with Crippen molar-refractivity contribution in [1.82, 2.24) is 29.5 Å². The van der Waals surface area contributed by atoms with Crippen LogP contribution in [-0.2, 0) is 17.3 Å². The molecule has 37 heavy (non-hydrogen) atoms. The molecule has 5 aromatic rings. The Morgan fingerprint density at radius 2 is 1.89 bits per heavy atom. The maximum Gasteiger partial charge on any atom is 0.143 e. The van der Waals surface area contributed by atoms with Gasteiger partial charge in [0.15, 0.2) is 0 Å². The van der Waals surface area contributed by atoms with Crippen LogP contribution in [-0.4, -0.2) is 55.7 Å². The molecule has 1 aromatic carbocycles. The lowest BCUT2D eigenvalue weighted by atomic mass is 9.80. The zero-order chi connectivity index (χ0) is 25.7. The summed E-state index contributed by atoms with van der Waals surface area (Å²) in [7, 11) is 7.97. The fourth-order valence-electron chi connectivity index (χ4n) is 5.64. The molecule has 186 valence electrons. The van der Waals surface area contributed by atoms with Gasteiger partial charge in [0.1, 0.15) is 13.5 Å². The molecule has 0 saturated carbocycles. The molecule has 9 heteroatoms. The van der Waals surface area contributed by atoms with Crippen LogP contribution in [0.2, 0.25) is 0 Å². The SMILES string of the molecule is [B]C(C)(O)c1ccc2c3ncc(-c4c(C)nnn4C)cc3n([C@H](c3ccccc3)C3CCOCC3)c2n1. The Morgan fingerprint density at radius 3 is 2.57 bits per heavy atom. The van der Waals surface area contributed by atoms with Crippen LogP contribution in [0.25, 0.3) is 33.3 Å². The van der Waals surface area contributed by atoms with Gasteiger partial charge in [0.25, 0.3) is 0 Å². The van der Waals surface area contributed by atoms with Gasteiger partial charge >= 0.3 is 0 Å². The molecule has 1 aliphatic rings. The molecule has 0 bridgehead atoms. The lowest BCUT2D eigenvalue weighted by molar-refractivity contribution is 0.0552. The maximum atomic E-state index is 10.6. The minimum absolute atomic E-state index is 0.00150. The molecule has 1 N–H and O–H groups in total. The molecule has 0 spiro atoms. The second-order valence-electron chi connectivity index (χ2n) is 10.1. The molecular weight excluding hydrogens is 463 g/mol. The van der Waals surface area contributed by atoms with E-state index in [0.29, 0.717) is 11.6 Å². The predicted octanol–water partition coefficient (Wildman–Crippen LogP) is 4.04. The third kappa shape index (κ3) is 4.12. The molecule has 1 saturated heterocycles. The van der Waals surface area contributed by atoms with E-state index in [2.05, 4.69) is 45.2 Å². The Hall–Kier alpha value is -3.56. The number of hydrogen-bond donors (Lipinski definition) is 1. The molecule has 0 aliphatic carbocycles. The summed E-state index contributed by atoms with van der Waals surface area (Å²) in [5.41, 5.74) is 5.33. The summed E-state index contributed by atoms with van der Waals surface area (Å²) in [5.74, 6) is 0.336. The fourth-order valence-corrected chi connectivity index (χ4v) is 5.64. The minimum atomic E-state index is -1.56. The summed E-state index contributed by atoms with van der Waals surface area (Å²) in [6.07, 6.45) is 3.75. The number of fused-ring (bicyclic) bond motifs is 3. The number of nitrogens with zero attached hydrogens (tertiary/aromatic N) is 6. The van der Waals surface area contributed by atoms with Gasteiger partial charge < -0.3 is 14.4 Å². The Balaban J connectivity index is 1.69. The van der Waals surface area contributed by atoms with Gasteiger partial charge in [-0.15, -0.1) is 5.10 Å². The number of hydrogen-bond acceptors (Lipinski definition) is 6. The van der Waals surface area contributed by atoms with E-state index in [-0.39, 0.29) is 6.04 Å². The number of benzene rings is 1. The highest BCUT2D eigenvalue weighted by Crippen LogP contribution is 2.41. The van der Waals surface area contributed by atoms with Crippen LogP contribution in [0.5, 0.6) is 0 Å². The Kier molecular flexibility index (Phi) is 5.84. The summed E-state index contributed by atoms with van der Waals surface area (Å²) in [4.78, 5) is 9.87. The number of aryl methyl sites for hydroxylation is 2. The first-order chi connectivity index (χ1) is 17.8. The topological polar surface area (TPSA) is 90.9 Å². The predicted molar refractivity (Wildman–Crippen MR) is 143 cm³/mol. The molecule has 6 rings (SSSR count). The third-order valence-corrected chi connectivity index (χ3v) is 7.40. The maximum absolute atomic E-state index is 10.6. The lowest BCUT2D eigenvalue weighted by Crippen LogP contribution is -2.27. The van der Waals surface area contributed by atoms with Gasteiger partial charge in [-0.25, -0.2) is 9.67 Å². The number of pyridine rings is 2. The van der Waals surface area contributed by atoms with Crippen molar-refractivity contribution in [3.05, 3.63) is 71.7 Å². The molecule has 2 atom stereocenters. The highest BCUT2D eigenvalue weighted by Gasteiger charge is 2.31. The summed E-state index contributed by atoms with van der Waals surface area (Å²) < 4.78 is 9.80. The minimum Gasteiger partial charge on any atom is -0.394 e. The van der Waals surface area contributed by atoms with Crippen LogP contribution in [0.15, 0.2) is 54.7 Å². The fraction of sp³-hybridized carbons (Fsp3) is 0.357. The standard InChI is InChI=1S/C28H29BN6O2/c1-17-25(34(3)33-32-17)20-15-22-24(30-16-20)21-9-10-23(28(2,29)36)31-27(21)35(22)26(18-7-5-4-6-8-18)19-11-13-37-14-12-19/h4-10,15-16,19,26,36H,11-14H2,1-3H3/t26-,28?/m1/s1. The summed E-state index contributed by atoms with van der Waals surface area (Å²) in [6.45, 7) is 4.96. The molecule has 1 unspecified atom stereocenters. The first kappa shape index (κ1) is 23.8. The highest BCUT2D eigenvalue weighted by atomic mass is 16.5. The van der Waals surface area contributed by atoms with Crippen LogP contribution >= 0.6 is 0 Å². The van der Waals surface area contributed by atoms with Crippen LogP contribution in [0.1, 0.15) is 42.8 Å². The van der Waals surface area contributed by atoms with E-state index in [4.69, 9.17) is 22.6 Å². The van der Waals surface area contributed by atoms with E-state index >= 15 is 0 Å². The molecule has 2 radical (unpaired) electrons. The van der Waals surface area contributed by atoms with Gasteiger partial charge in [-0.3, -0.25) is 4.98 Å². The number of rotatable bonds is 5. The quantitative estimate of drug-likeness (QED) is 0.373. The van der Waals surface area contributed by atoms with Gasteiger partial charge in [0.05, 0.1) is 39.7 Å². The van der Waals surface area contributed by atoms with Crippen molar-refractivity contribution in [2.45, 2.75) is 38.2 Å². The molecule has 1 aliphatic heterocycles. The lowest BCUT2D eigenvalue weighted by Gasteiger charge is -2.33. The van der Waals surface area contributed by atoms with Gasteiger partial charge in [0.2, 0.25) is 0 Å². The second-order valence-corrected chi connectivity index (χ2v) is 10.1. The van der Waals surface area contributed by atoms with Crippen molar-refractivity contribution in [3.8, 4) is 11.3 Å². The number of ether oxygens (including phenoxy) is 1. The smallest absolute Gasteiger partial charge is 0.143 e. The van der Waals surface area contributed by atoms with E-state index in [0.717, 1.165) is 65.1 Å². The first-order valence-corrected chi connectivity index (χ1v) is 12.6. The molecule has 0 amide bonds. The Morgan fingerprint density at radius 1 is 1.14 bits per heavy atom. The van der Waals surface area contributed by atoms with Crippen LogP contribution in [0.4, 0.5) is 0 Å². The normalized spacial score (nSPS) is 17.3. The van der Waals surface area contributed by atoms with Gasteiger partial charge in [0, 0.05) is 37.4 Å². The van der Waals surface area contributed by atoms with Gasteiger partial charge in [-0.05, 0) is 56.4 Å². The van der Waals surface area contributed by atoms with Crippen molar-refractivity contribution in [1.29, 1.82) is 0 Å². The number of aromatic nitrogens is 6. The van der Waals surface area contributed by atoms with Gasteiger partial charge in [-0.2, -0.15) is 0 Å². The average Bonchev–Trinajstić information content (AvgIpc) is 3.40. The summed E-state index contributed by atoms with van der Waals surface area (Å²) in [6, 6.07) is 16.4. The number of aliphatic hydroxyl groups is 1. The van der Waals surface area contributed by atoms with E-state index in [1.54, 1.807) is 17.7 Å². The zero-order valence-corrected chi connectivity index (χ0v) is 21.3. The van der Waals surface area contributed by atoms with Crippen molar-refractivity contribution >= 4 is 29.9 Å². The zero-order valence-electron chi connectivity index (χ0n) is 21.3. The molecule has 4 aromatic heterocycles. The molecule has 8 nitrogen and oxygen atoms in total. The Labute approximate surface area is 216 Å². The molecule has 1 fully saturated rings. The van der Waals surface area contributed by atoms with Crippen molar-refractivity contribution in [2.75, 3.05) is 13.2 Å². The molecule has 5 heterocycles. The van der Waals surface area contributed by atoms with Crippen LogP contribution < -0.4 is 0 Å². The summed E-state index contributed by atoms with van der Waals surface area (Å²) >= 11 is 0. The van der Waals surface area contributed by atoms with Gasteiger partial charge in [-0.1, -0.05) is 35.5 Å². The van der Waals surface area contributed by atoms with E-state index in [1.165, 1.54) is 5.56 Å². The van der Waals surface area contributed by atoms with E-state index in [9.17, 15) is 5.11 Å². The second kappa shape index (κ2) is 9.08. The monoisotopic (exact) mass is 492 g/mol. The first-order valence-electron chi connectivity index (χ1n) is 12.6. The average molecular weight is 492 g/mol.